The molecule has 0 radical (unpaired) electrons. The highest BCUT2D eigenvalue weighted by Crippen LogP contribution is 2.20. The first-order valence-corrected chi connectivity index (χ1v) is 7.70. The summed E-state index contributed by atoms with van der Waals surface area (Å²) in [5.41, 5.74) is 2.39. The molecule has 3 rings (SSSR count). The van der Waals surface area contributed by atoms with Crippen LogP contribution >= 0.6 is 0 Å². The Balaban J connectivity index is 1.81. The Morgan fingerprint density at radius 3 is 3.00 bits per heavy atom. The predicted molar refractivity (Wildman–Crippen MR) is 77.3 cm³/mol. The highest BCUT2D eigenvalue weighted by atomic mass is 16.2. The average molecular weight is 276 g/mol. The zero-order chi connectivity index (χ0) is 14.1. The van der Waals surface area contributed by atoms with Crippen molar-refractivity contribution in [1.82, 2.24) is 20.2 Å². The molecule has 2 aliphatic rings. The van der Waals surface area contributed by atoms with Crippen LogP contribution in [0.4, 0.5) is 0 Å². The number of rotatable bonds is 5. The molecule has 1 aliphatic heterocycles. The smallest absolute Gasteiger partial charge is 0.240 e. The van der Waals surface area contributed by atoms with Gasteiger partial charge in [0.2, 0.25) is 5.91 Å². The van der Waals surface area contributed by atoms with Crippen molar-refractivity contribution in [1.29, 1.82) is 0 Å². The van der Waals surface area contributed by atoms with Crippen LogP contribution in [0.2, 0.25) is 0 Å². The largest absolute Gasteiger partial charge is 0.352 e. The molecule has 5 heteroatoms. The second-order valence-corrected chi connectivity index (χ2v) is 6.37. The molecule has 0 atom stereocenters. The number of nitrogens with one attached hydrogen (secondary N) is 2. The van der Waals surface area contributed by atoms with Crippen molar-refractivity contribution in [2.75, 3.05) is 6.54 Å². The second-order valence-electron chi connectivity index (χ2n) is 6.37. The Morgan fingerprint density at radius 1 is 1.50 bits per heavy atom. The summed E-state index contributed by atoms with van der Waals surface area (Å²) in [6.45, 7) is 6.63. The van der Waals surface area contributed by atoms with Gasteiger partial charge in [0.25, 0.3) is 0 Å². The van der Waals surface area contributed by atoms with E-state index in [1.165, 1.54) is 5.69 Å². The summed E-state index contributed by atoms with van der Waals surface area (Å²) in [5.74, 6) is 1.76. The summed E-state index contributed by atoms with van der Waals surface area (Å²) < 4.78 is 2.16. The zero-order valence-corrected chi connectivity index (χ0v) is 12.4. The van der Waals surface area contributed by atoms with Gasteiger partial charge in [-0.3, -0.25) is 4.79 Å². The quantitative estimate of drug-likeness (QED) is 0.844. The van der Waals surface area contributed by atoms with Crippen molar-refractivity contribution in [2.45, 2.75) is 58.7 Å². The second kappa shape index (κ2) is 5.56. The van der Waals surface area contributed by atoms with Gasteiger partial charge in [-0.15, -0.1) is 0 Å². The van der Waals surface area contributed by atoms with Gasteiger partial charge in [0.1, 0.15) is 12.4 Å². The van der Waals surface area contributed by atoms with Crippen LogP contribution in [0.15, 0.2) is 0 Å². The molecule has 1 amide bonds. The van der Waals surface area contributed by atoms with Gasteiger partial charge in [0.15, 0.2) is 0 Å². The summed E-state index contributed by atoms with van der Waals surface area (Å²) in [6.07, 6.45) is 4.17. The predicted octanol–water partition coefficient (Wildman–Crippen LogP) is 1.01. The van der Waals surface area contributed by atoms with Crippen LogP contribution in [0, 0.1) is 5.92 Å². The molecular formula is C15H24N4O. The third-order valence-electron chi connectivity index (χ3n) is 3.90. The van der Waals surface area contributed by atoms with Crippen molar-refractivity contribution in [3.8, 4) is 0 Å². The molecule has 1 fully saturated rings. The van der Waals surface area contributed by atoms with Crippen LogP contribution in [0.1, 0.15) is 43.9 Å². The lowest BCUT2D eigenvalue weighted by molar-refractivity contribution is -0.121. The number of fused-ring (bicyclic) bond motifs is 1. The Labute approximate surface area is 120 Å². The summed E-state index contributed by atoms with van der Waals surface area (Å²) in [4.78, 5) is 16.9. The van der Waals surface area contributed by atoms with E-state index in [0.29, 0.717) is 18.5 Å². The maximum Gasteiger partial charge on any atom is 0.240 e. The van der Waals surface area contributed by atoms with E-state index < -0.39 is 0 Å². The van der Waals surface area contributed by atoms with Gasteiger partial charge < -0.3 is 15.2 Å². The minimum absolute atomic E-state index is 0.135. The third-order valence-corrected chi connectivity index (χ3v) is 3.90. The molecule has 20 heavy (non-hydrogen) atoms. The van der Waals surface area contributed by atoms with E-state index >= 15 is 0 Å². The normalized spacial score (nSPS) is 18.1. The summed E-state index contributed by atoms with van der Waals surface area (Å²) in [7, 11) is 0. The van der Waals surface area contributed by atoms with E-state index in [-0.39, 0.29) is 5.91 Å². The van der Waals surface area contributed by atoms with Crippen LogP contribution in [0.25, 0.3) is 0 Å². The number of amides is 1. The molecule has 0 spiro atoms. The lowest BCUT2D eigenvalue weighted by atomic mass is 10.1. The third kappa shape index (κ3) is 3.03. The lowest BCUT2D eigenvalue weighted by Crippen LogP contribution is -2.32. The monoisotopic (exact) mass is 276 g/mol. The summed E-state index contributed by atoms with van der Waals surface area (Å²) in [6, 6.07) is 0.428. The maximum absolute atomic E-state index is 12.1. The van der Waals surface area contributed by atoms with Gasteiger partial charge in [-0.2, -0.15) is 0 Å². The molecular weight excluding hydrogens is 252 g/mol. The lowest BCUT2D eigenvalue weighted by Gasteiger charge is -2.16. The molecule has 2 N–H and O–H groups in total. The van der Waals surface area contributed by atoms with E-state index in [9.17, 15) is 4.79 Å². The van der Waals surface area contributed by atoms with Crippen molar-refractivity contribution in [3.05, 3.63) is 17.2 Å². The first-order valence-electron chi connectivity index (χ1n) is 7.70. The molecule has 1 aliphatic carbocycles. The van der Waals surface area contributed by atoms with Crippen LogP contribution in [-0.2, 0) is 30.7 Å². The fourth-order valence-electron chi connectivity index (χ4n) is 2.78. The molecule has 0 aromatic carbocycles. The van der Waals surface area contributed by atoms with Gasteiger partial charge >= 0.3 is 0 Å². The van der Waals surface area contributed by atoms with Crippen molar-refractivity contribution in [2.24, 2.45) is 5.92 Å². The SMILES string of the molecule is CC(C)Cc1nc2c(n1CC(=O)NC1CC1)CCNC2. The Hall–Kier alpha value is -1.36. The average Bonchev–Trinajstić information content (AvgIpc) is 3.13. The zero-order valence-electron chi connectivity index (χ0n) is 12.4. The first kappa shape index (κ1) is 13.6. The minimum Gasteiger partial charge on any atom is -0.352 e. The number of hydrogen-bond acceptors (Lipinski definition) is 3. The number of carbonyl (C=O) groups excluding carboxylic acids is 1. The van der Waals surface area contributed by atoms with E-state index in [4.69, 9.17) is 4.98 Å². The molecule has 5 nitrogen and oxygen atoms in total. The fourth-order valence-corrected chi connectivity index (χ4v) is 2.78. The minimum atomic E-state index is 0.135. The number of nitrogens with zero attached hydrogens (tertiary/aromatic N) is 2. The van der Waals surface area contributed by atoms with Crippen LogP contribution in [-0.4, -0.2) is 28.0 Å². The molecule has 2 heterocycles. The molecule has 1 saturated carbocycles. The van der Waals surface area contributed by atoms with Crippen LogP contribution in [0.3, 0.4) is 0 Å². The van der Waals surface area contributed by atoms with Crippen molar-refractivity contribution in [3.63, 3.8) is 0 Å². The summed E-state index contributed by atoms with van der Waals surface area (Å²) in [5, 5.41) is 6.43. The van der Waals surface area contributed by atoms with E-state index in [1.54, 1.807) is 0 Å². The molecule has 0 saturated heterocycles. The number of carbonyl (C=O) groups is 1. The molecule has 110 valence electrons. The van der Waals surface area contributed by atoms with Gasteiger partial charge in [-0.1, -0.05) is 13.8 Å². The van der Waals surface area contributed by atoms with E-state index in [1.807, 2.05) is 0 Å². The Kier molecular flexibility index (Phi) is 3.78. The highest BCUT2D eigenvalue weighted by molar-refractivity contribution is 5.76. The van der Waals surface area contributed by atoms with Crippen molar-refractivity contribution < 1.29 is 4.79 Å². The van der Waals surface area contributed by atoms with Gasteiger partial charge in [0, 0.05) is 37.7 Å². The maximum atomic E-state index is 12.1. The van der Waals surface area contributed by atoms with Gasteiger partial charge in [0.05, 0.1) is 5.69 Å². The molecule has 0 unspecified atom stereocenters. The highest BCUT2D eigenvalue weighted by Gasteiger charge is 2.25. The number of aromatic nitrogens is 2. The van der Waals surface area contributed by atoms with Gasteiger partial charge in [-0.25, -0.2) is 4.98 Å². The Morgan fingerprint density at radius 2 is 2.30 bits per heavy atom. The standard InChI is InChI=1S/C15H24N4O/c1-10(2)7-14-18-12-8-16-6-5-13(12)19(14)9-15(20)17-11-3-4-11/h10-11,16H,3-9H2,1-2H3,(H,17,20). The van der Waals surface area contributed by atoms with Crippen LogP contribution in [0.5, 0.6) is 0 Å². The Bertz CT molecular complexity index is 502. The number of imidazole rings is 1. The van der Waals surface area contributed by atoms with Crippen molar-refractivity contribution >= 4 is 5.91 Å². The summed E-state index contributed by atoms with van der Waals surface area (Å²) >= 11 is 0. The number of hydrogen-bond donors (Lipinski definition) is 2. The van der Waals surface area contributed by atoms with E-state index in [0.717, 1.165) is 50.3 Å². The van der Waals surface area contributed by atoms with E-state index in [2.05, 4.69) is 29.0 Å². The van der Waals surface area contributed by atoms with Crippen LogP contribution < -0.4 is 10.6 Å². The molecule has 1 aromatic rings. The topological polar surface area (TPSA) is 59.0 Å². The first-order chi connectivity index (χ1) is 9.63. The molecule has 0 bridgehead atoms. The molecule has 1 aromatic heterocycles. The van der Waals surface area contributed by atoms with Gasteiger partial charge in [-0.05, 0) is 18.8 Å². The fraction of sp³-hybridized carbons (Fsp3) is 0.733.